The number of amides is 1. The van der Waals surface area contributed by atoms with E-state index in [0.29, 0.717) is 10.6 Å². The number of halogens is 1. The van der Waals surface area contributed by atoms with Gasteiger partial charge in [-0.3, -0.25) is 4.79 Å². The van der Waals surface area contributed by atoms with Crippen molar-refractivity contribution in [2.75, 3.05) is 13.7 Å². The van der Waals surface area contributed by atoms with Gasteiger partial charge in [0.2, 0.25) is 0 Å². The van der Waals surface area contributed by atoms with E-state index in [1.807, 2.05) is 6.92 Å². The van der Waals surface area contributed by atoms with E-state index in [1.165, 1.54) is 20.1 Å². The van der Waals surface area contributed by atoms with Gasteiger partial charge in [0, 0.05) is 17.7 Å². The van der Waals surface area contributed by atoms with Crippen molar-refractivity contribution in [3.05, 3.63) is 34.3 Å². The maximum Gasteiger partial charge on any atom is 0.331 e. The summed E-state index contributed by atoms with van der Waals surface area (Å²) in [5.74, 6) is -1.68. The lowest BCUT2D eigenvalue weighted by Crippen LogP contribution is -2.55. The number of ether oxygens (including phenoxy) is 1. The van der Waals surface area contributed by atoms with Crippen LogP contribution in [-0.4, -0.2) is 36.2 Å². The number of rotatable bonds is 5. The third-order valence-electron chi connectivity index (χ3n) is 2.73. The Bertz CT molecular complexity index is 503. The van der Waals surface area contributed by atoms with E-state index < -0.39 is 17.4 Å². The molecule has 0 aliphatic heterocycles. The number of carbonyl (C=O) groups is 2. The summed E-state index contributed by atoms with van der Waals surface area (Å²) >= 11 is 5.93. The first-order valence-corrected chi connectivity index (χ1v) is 5.99. The molecule has 19 heavy (non-hydrogen) atoms. The van der Waals surface area contributed by atoms with Crippen LogP contribution in [0.4, 0.5) is 0 Å². The molecule has 6 heteroatoms. The van der Waals surface area contributed by atoms with E-state index in [4.69, 9.17) is 21.4 Å². The largest absolute Gasteiger partial charge is 0.479 e. The molecule has 0 aliphatic rings. The molecule has 1 aromatic rings. The van der Waals surface area contributed by atoms with Crippen molar-refractivity contribution < 1.29 is 19.4 Å². The topological polar surface area (TPSA) is 75.6 Å². The van der Waals surface area contributed by atoms with E-state index in [9.17, 15) is 9.59 Å². The first kappa shape index (κ1) is 15.5. The van der Waals surface area contributed by atoms with Crippen molar-refractivity contribution >= 4 is 23.5 Å². The lowest BCUT2D eigenvalue weighted by atomic mass is 10.0. The highest BCUT2D eigenvalue weighted by Gasteiger charge is 2.35. The van der Waals surface area contributed by atoms with Crippen LogP contribution in [0.1, 0.15) is 22.8 Å². The number of carboxylic acid groups (broad SMARTS) is 1. The van der Waals surface area contributed by atoms with E-state index in [-0.39, 0.29) is 6.61 Å². The predicted octanol–water partition coefficient (Wildman–Crippen LogP) is 1.87. The van der Waals surface area contributed by atoms with Gasteiger partial charge >= 0.3 is 5.97 Å². The summed E-state index contributed by atoms with van der Waals surface area (Å²) in [7, 11) is 1.37. The Balaban J connectivity index is 2.94. The van der Waals surface area contributed by atoms with E-state index in [0.717, 1.165) is 5.56 Å². The van der Waals surface area contributed by atoms with Crippen molar-refractivity contribution in [1.29, 1.82) is 0 Å². The summed E-state index contributed by atoms with van der Waals surface area (Å²) < 4.78 is 4.83. The summed E-state index contributed by atoms with van der Waals surface area (Å²) in [4.78, 5) is 23.2. The van der Waals surface area contributed by atoms with Gasteiger partial charge in [-0.1, -0.05) is 17.7 Å². The van der Waals surface area contributed by atoms with Crippen molar-refractivity contribution in [3.63, 3.8) is 0 Å². The standard InChI is InChI=1S/C13H16ClNO4/c1-8-4-5-9(6-10(8)14)11(16)15-13(2,7-19-3)12(17)18/h4-6H,7H2,1-3H3,(H,15,16)(H,17,18)/t13-/m1/s1. The molecule has 0 saturated carbocycles. The number of benzene rings is 1. The molecular weight excluding hydrogens is 270 g/mol. The Morgan fingerprint density at radius 2 is 2.11 bits per heavy atom. The maximum atomic E-state index is 12.0. The zero-order valence-corrected chi connectivity index (χ0v) is 11.7. The molecule has 0 radical (unpaired) electrons. The highest BCUT2D eigenvalue weighted by molar-refractivity contribution is 6.31. The highest BCUT2D eigenvalue weighted by Crippen LogP contribution is 2.17. The minimum atomic E-state index is -1.48. The Morgan fingerprint density at radius 3 is 2.58 bits per heavy atom. The van der Waals surface area contributed by atoms with Gasteiger partial charge in [-0.15, -0.1) is 0 Å². The number of nitrogens with one attached hydrogen (secondary N) is 1. The number of aliphatic carboxylic acids is 1. The number of carboxylic acids is 1. The summed E-state index contributed by atoms with van der Waals surface area (Å²) in [6.07, 6.45) is 0. The van der Waals surface area contributed by atoms with Gasteiger partial charge in [0.25, 0.3) is 5.91 Å². The van der Waals surface area contributed by atoms with Crippen LogP contribution < -0.4 is 5.32 Å². The predicted molar refractivity (Wildman–Crippen MR) is 71.6 cm³/mol. The quantitative estimate of drug-likeness (QED) is 0.866. The second-order valence-electron chi connectivity index (χ2n) is 4.49. The smallest absolute Gasteiger partial charge is 0.331 e. The molecule has 1 rings (SSSR count). The zero-order valence-electron chi connectivity index (χ0n) is 11.0. The fraction of sp³-hybridized carbons (Fsp3) is 0.385. The third kappa shape index (κ3) is 3.68. The number of carbonyl (C=O) groups excluding carboxylic acids is 1. The molecule has 0 saturated heterocycles. The average Bonchev–Trinajstić information content (AvgIpc) is 2.32. The van der Waals surface area contributed by atoms with Crippen LogP contribution in [0.15, 0.2) is 18.2 Å². The molecule has 0 heterocycles. The van der Waals surface area contributed by atoms with Gasteiger partial charge < -0.3 is 15.2 Å². The summed E-state index contributed by atoms with van der Waals surface area (Å²) in [6.45, 7) is 3.07. The molecule has 5 nitrogen and oxygen atoms in total. The fourth-order valence-electron chi connectivity index (χ4n) is 1.50. The van der Waals surface area contributed by atoms with E-state index in [2.05, 4.69) is 5.32 Å². The summed E-state index contributed by atoms with van der Waals surface area (Å²) in [6, 6.07) is 4.79. The monoisotopic (exact) mass is 285 g/mol. The third-order valence-corrected chi connectivity index (χ3v) is 3.14. The molecular formula is C13H16ClNO4. The van der Waals surface area contributed by atoms with E-state index >= 15 is 0 Å². The molecule has 0 fully saturated rings. The number of hydrogen-bond donors (Lipinski definition) is 2. The minimum Gasteiger partial charge on any atom is -0.479 e. The second kappa shape index (κ2) is 6.04. The lowest BCUT2D eigenvalue weighted by molar-refractivity contribution is -0.145. The lowest BCUT2D eigenvalue weighted by Gasteiger charge is -2.25. The SMILES string of the molecule is COC[C@@](C)(NC(=O)c1ccc(C)c(Cl)c1)C(=O)O. The first-order chi connectivity index (χ1) is 8.80. The van der Waals surface area contributed by atoms with Crippen molar-refractivity contribution in [2.24, 2.45) is 0 Å². The van der Waals surface area contributed by atoms with Gasteiger partial charge in [-0.2, -0.15) is 0 Å². The Kier molecular flexibility index (Phi) is 4.91. The van der Waals surface area contributed by atoms with Gasteiger partial charge in [-0.05, 0) is 31.5 Å². The fourth-order valence-corrected chi connectivity index (χ4v) is 1.68. The van der Waals surface area contributed by atoms with Gasteiger partial charge in [0.05, 0.1) is 6.61 Å². The summed E-state index contributed by atoms with van der Waals surface area (Å²) in [5.41, 5.74) is -0.335. The van der Waals surface area contributed by atoms with Crippen molar-refractivity contribution in [2.45, 2.75) is 19.4 Å². The van der Waals surface area contributed by atoms with Gasteiger partial charge in [0.15, 0.2) is 5.54 Å². The van der Waals surface area contributed by atoms with Crippen LogP contribution in [-0.2, 0) is 9.53 Å². The molecule has 1 atom stereocenters. The average molecular weight is 286 g/mol. The van der Waals surface area contributed by atoms with Crippen LogP contribution in [0.5, 0.6) is 0 Å². The summed E-state index contributed by atoms with van der Waals surface area (Å²) in [5, 5.41) is 12.0. The molecule has 2 N–H and O–H groups in total. The van der Waals surface area contributed by atoms with Crippen LogP contribution in [0, 0.1) is 6.92 Å². The molecule has 0 aromatic heterocycles. The zero-order chi connectivity index (χ0) is 14.6. The minimum absolute atomic E-state index is 0.131. The Morgan fingerprint density at radius 1 is 1.47 bits per heavy atom. The molecule has 0 unspecified atom stereocenters. The van der Waals surface area contributed by atoms with Crippen LogP contribution >= 0.6 is 11.6 Å². The number of aryl methyl sites for hydroxylation is 1. The molecule has 0 spiro atoms. The number of methoxy groups -OCH3 is 1. The molecule has 104 valence electrons. The van der Waals surface area contributed by atoms with Crippen LogP contribution in [0.25, 0.3) is 0 Å². The molecule has 0 aliphatic carbocycles. The van der Waals surface area contributed by atoms with Crippen molar-refractivity contribution in [3.8, 4) is 0 Å². The molecule has 0 bridgehead atoms. The maximum absolute atomic E-state index is 12.0. The van der Waals surface area contributed by atoms with Gasteiger partial charge in [0.1, 0.15) is 0 Å². The van der Waals surface area contributed by atoms with Crippen LogP contribution in [0.3, 0.4) is 0 Å². The Labute approximate surface area is 116 Å². The Hall–Kier alpha value is -1.59. The highest BCUT2D eigenvalue weighted by atomic mass is 35.5. The molecule has 1 aromatic carbocycles. The number of hydrogen-bond acceptors (Lipinski definition) is 3. The van der Waals surface area contributed by atoms with Gasteiger partial charge in [-0.25, -0.2) is 4.79 Å². The second-order valence-corrected chi connectivity index (χ2v) is 4.90. The van der Waals surface area contributed by atoms with E-state index in [1.54, 1.807) is 12.1 Å². The van der Waals surface area contributed by atoms with Crippen LogP contribution in [0.2, 0.25) is 5.02 Å². The first-order valence-electron chi connectivity index (χ1n) is 5.61. The normalized spacial score (nSPS) is 13.7. The molecule has 1 amide bonds. The van der Waals surface area contributed by atoms with Crippen molar-refractivity contribution in [1.82, 2.24) is 5.32 Å².